The number of pyridine rings is 1. The van der Waals surface area contributed by atoms with Crippen molar-refractivity contribution in [1.29, 1.82) is 0 Å². The molecule has 4 nitrogen and oxygen atoms in total. The van der Waals surface area contributed by atoms with E-state index in [2.05, 4.69) is 0 Å². The summed E-state index contributed by atoms with van der Waals surface area (Å²) < 4.78 is 24.6. The summed E-state index contributed by atoms with van der Waals surface area (Å²) in [4.78, 5) is 10.9. The summed E-state index contributed by atoms with van der Waals surface area (Å²) in [6.45, 7) is 4.81. The third-order valence-electron chi connectivity index (χ3n) is 1.94. The first kappa shape index (κ1) is 11.0. The normalized spacial score (nSPS) is 12.0. The number of rotatable bonds is 2. The molecule has 0 radical (unpaired) electrons. The van der Waals surface area contributed by atoms with Crippen LogP contribution in [0.5, 0.6) is 0 Å². The van der Waals surface area contributed by atoms with E-state index >= 15 is 0 Å². The maximum atomic E-state index is 11.7. The molecule has 0 aromatic carbocycles. The van der Waals surface area contributed by atoms with E-state index in [9.17, 15) is 13.2 Å². The summed E-state index contributed by atoms with van der Waals surface area (Å²) in [5.74, 6) is 0. The molecule has 0 amide bonds. The van der Waals surface area contributed by atoms with Crippen molar-refractivity contribution in [3.05, 3.63) is 34.2 Å². The standard InChI is InChI=1S/C9H13NO3S/c1-7(2)14(12,13)10-5-4-9(11)6-8(10)3/h4-7H,1-3H3. The first-order valence-corrected chi connectivity index (χ1v) is 5.79. The highest BCUT2D eigenvalue weighted by Gasteiger charge is 2.18. The summed E-state index contributed by atoms with van der Waals surface area (Å²) in [6.07, 6.45) is 1.30. The molecule has 1 aromatic rings. The third-order valence-corrected chi connectivity index (χ3v) is 4.09. The average Bonchev–Trinajstić information content (AvgIpc) is 2.02. The summed E-state index contributed by atoms with van der Waals surface area (Å²) in [5, 5.41) is -0.497. The van der Waals surface area contributed by atoms with Gasteiger partial charge in [-0.25, -0.2) is 12.4 Å². The van der Waals surface area contributed by atoms with Gasteiger partial charge < -0.3 is 0 Å². The Balaban J connectivity index is 3.42. The van der Waals surface area contributed by atoms with Crippen LogP contribution in [0.25, 0.3) is 0 Å². The van der Waals surface area contributed by atoms with Gasteiger partial charge in [-0.1, -0.05) is 0 Å². The van der Waals surface area contributed by atoms with Crippen LogP contribution in [0.3, 0.4) is 0 Å². The zero-order chi connectivity index (χ0) is 10.9. The molecule has 1 heterocycles. The molecular weight excluding hydrogens is 202 g/mol. The molecule has 5 heteroatoms. The van der Waals surface area contributed by atoms with Gasteiger partial charge in [0.1, 0.15) is 0 Å². The lowest BCUT2D eigenvalue weighted by Gasteiger charge is -2.13. The van der Waals surface area contributed by atoms with Gasteiger partial charge in [-0.2, -0.15) is 0 Å². The lowest BCUT2D eigenvalue weighted by Crippen LogP contribution is -2.25. The maximum absolute atomic E-state index is 11.7. The van der Waals surface area contributed by atoms with Crippen LogP contribution < -0.4 is 5.43 Å². The number of aromatic nitrogens is 1. The second-order valence-corrected chi connectivity index (χ2v) is 5.76. The SMILES string of the molecule is Cc1cc(=O)ccn1S(=O)(=O)C(C)C. The summed E-state index contributed by atoms with van der Waals surface area (Å²) in [5.41, 5.74) is 0.254. The molecule has 0 N–H and O–H groups in total. The lowest BCUT2D eigenvalue weighted by atomic mass is 10.4. The number of hydrogen-bond acceptors (Lipinski definition) is 3. The van der Waals surface area contributed by atoms with E-state index in [1.54, 1.807) is 20.8 Å². The fraction of sp³-hybridized carbons (Fsp3) is 0.444. The van der Waals surface area contributed by atoms with Gasteiger partial charge >= 0.3 is 0 Å². The van der Waals surface area contributed by atoms with E-state index in [1.165, 1.54) is 18.3 Å². The zero-order valence-electron chi connectivity index (χ0n) is 8.39. The second kappa shape index (κ2) is 3.57. The van der Waals surface area contributed by atoms with Gasteiger partial charge in [-0.15, -0.1) is 0 Å². The minimum atomic E-state index is -3.35. The first-order chi connectivity index (χ1) is 6.35. The Morgan fingerprint density at radius 1 is 1.36 bits per heavy atom. The quantitative estimate of drug-likeness (QED) is 0.731. The lowest BCUT2D eigenvalue weighted by molar-refractivity contribution is 0.576. The maximum Gasteiger partial charge on any atom is 0.241 e. The predicted octanol–water partition coefficient (Wildman–Crippen LogP) is 0.743. The molecule has 0 bridgehead atoms. The highest BCUT2D eigenvalue weighted by Crippen LogP contribution is 2.07. The monoisotopic (exact) mass is 215 g/mol. The number of hydrogen-bond donors (Lipinski definition) is 0. The van der Waals surface area contributed by atoms with Gasteiger partial charge in [0.15, 0.2) is 5.43 Å². The molecule has 1 aromatic heterocycles. The summed E-state index contributed by atoms with van der Waals surface area (Å²) in [7, 11) is -3.35. The van der Waals surface area contributed by atoms with Gasteiger partial charge in [0.2, 0.25) is 10.0 Å². The van der Waals surface area contributed by atoms with Crippen LogP contribution in [0.4, 0.5) is 0 Å². The van der Waals surface area contributed by atoms with Gasteiger partial charge in [0.25, 0.3) is 0 Å². The van der Waals surface area contributed by atoms with Crippen molar-refractivity contribution >= 4 is 10.0 Å². The van der Waals surface area contributed by atoms with E-state index in [1.807, 2.05) is 0 Å². The Morgan fingerprint density at radius 3 is 2.36 bits per heavy atom. The largest absolute Gasteiger partial charge is 0.290 e. The minimum absolute atomic E-state index is 0.183. The van der Waals surface area contributed by atoms with E-state index in [0.717, 1.165) is 3.97 Å². The van der Waals surface area contributed by atoms with Crippen LogP contribution in [-0.4, -0.2) is 17.6 Å². The fourth-order valence-corrected chi connectivity index (χ4v) is 2.23. The highest BCUT2D eigenvalue weighted by atomic mass is 32.2. The number of nitrogens with zero attached hydrogens (tertiary/aromatic N) is 1. The van der Waals surface area contributed by atoms with Crippen LogP contribution in [0, 0.1) is 6.92 Å². The molecule has 0 fully saturated rings. The van der Waals surface area contributed by atoms with E-state index in [0.29, 0.717) is 5.69 Å². The van der Waals surface area contributed by atoms with Crippen LogP contribution in [-0.2, 0) is 10.0 Å². The van der Waals surface area contributed by atoms with Crippen LogP contribution in [0.1, 0.15) is 19.5 Å². The van der Waals surface area contributed by atoms with Crippen molar-refractivity contribution in [1.82, 2.24) is 3.97 Å². The van der Waals surface area contributed by atoms with Crippen molar-refractivity contribution in [3.8, 4) is 0 Å². The molecule has 0 saturated heterocycles. The third kappa shape index (κ3) is 1.87. The van der Waals surface area contributed by atoms with Gasteiger partial charge in [0, 0.05) is 24.0 Å². The molecule has 0 aliphatic carbocycles. The molecular formula is C9H13NO3S. The van der Waals surface area contributed by atoms with Crippen molar-refractivity contribution in [3.63, 3.8) is 0 Å². The molecule has 14 heavy (non-hydrogen) atoms. The Labute approximate surface area is 83.2 Å². The molecule has 0 atom stereocenters. The Hall–Kier alpha value is -1.10. The topological polar surface area (TPSA) is 56.1 Å². The Kier molecular flexibility index (Phi) is 2.80. The van der Waals surface area contributed by atoms with Crippen molar-refractivity contribution in [2.75, 3.05) is 0 Å². The predicted molar refractivity (Wildman–Crippen MR) is 54.9 cm³/mol. The molecule has 0 aliphatic heterocycles. The molecule has 0 spiro atoms. The second-order valence-electron chi connectivity index (χ2n) is 3.39. The first-order valence-electron chi connectivity index (χ1n) is 4.29. The number of aryl methyl sites for hydroxylation is 1. The smallest absolute Gasteiger partial charge is 0.241 e. The summed E-state index contributed by atoms with van der Waals surface area (Å²) >= 11 is 0. The average molecular weight is 215 g/mol. The molecule has 0 aliphatic rings. The van der Waals surface area contributed by atoms with Crippen LogP contribution in [0.15, 0.2) is 23.1 Å². The Morgan fingerprint density at radius 2 is 1.93 bits per heavy atom. The van der Waals surface area contributed by atoms with Gasteiger partial charge in [-0.3, -0.25) is 4.79 Å². The fourth-order valence-electron chi connectivity index (χ4n) is 1.09. The van der Waals surface area contributed by atoms with Crippen molar-refractivity contribution in [2.45, 2.75) is 26.0 Å². The van der Waals surface area contributed by atoms with Crippen molar-refractivity contribution < 1.29 is 8.42 Å². The Bertz CT molecular complexity index is 485. The molecule has 0 unspecified atom stereocenters. The van der Waals surface area contributed by atoms with Crippen LogP contribution >= 0.6 is 0 Å². The van der Waals surface area contributed by atoms with Crippen molar-refractivity contribution in [2.24, 2.45) is 0 Å². The van der Waals surface area contributed by atoms with Gasteiger partial charge in [-0.05, 0) is 20.8 Å². The summed E-state index contributed by atoms with van der Waals surface area (Å²) in [6, 6.07) is 2.55. The highest BCUT2D eigenvalue weighted by molar-refractivity contribution is 7.90. The molecule has 1 rings (SSSR count). The minimum Gasteiger partial charge on any atom is -0.290 e. The van der Waals surface area contributed by atoms with Crippen LogP contribution in [0.2, 0.25) is 0 Å². The molecule has 78 valence electrons. The van der Waals surface area contributed by atoms with E-state index in [4.69, 9.17) is 0 Å². The van der Waals surface area contributed by atoms with E-state index < -0.39 is 15.3 Å². The molecule has 0 saturated carbocycles. The van der Waals surface area contributed by atoms with E-state index in [-0.39, 0.29) is 5.43 Å². The zero-order valence-corrected chi connectivity index (χ0v) is 9.21. The van der Waals surface area contributed by atoms with Gasteiger partial charge in [0.05, 0.1) is 5.25 Å².